The molecule has 5 heteroatoms. The number of halogens is 1. The van der Waals surface area contributed by atoms with Crippen LogP contribution in [0.2, 0.25) is 0 Å². The Bertz CT molecular complexity index is 510. The molecule has 3 nitrogen and oxygen atoms in total. The molecule has 0 radical (unpaired) electrons. The van der Waals surface area contributed by atoms with Gasteiger partial charge in [-0.15, -0.1) is 11.3 Å². The number of carbonyl (C=O) groups excluding carboxylic acids is 1. The maximum absolute atomic E-state index is 12.0. The average molecular weight is 325 g/mol. The van der Waals surface area contributed by atoms with Crippen molar-refractivity contribution in [1.82, 2.24) is 10.3 Å². The van der Waals surface area contributed by atoms with Gasteiger partial charge in [0.1, 0.15) is 5.01 Å². The molecule has 1 heterocycles. The van der Waals surface area contributed by atoms with Crippen LogP contribution in [0.1, 0.15) is 33.9 Å². The van der Waals surface area contributed by atoms with Gasteiger partial charge in [-0.2, -0.15) is 0 Å². The highest BCUT2D eigenvalue weighted by atomic mass is 79.9. The average Bonchev–Trinajstić information content (AvgIpc) is 2.92. The summed E-state index contributed by atoms with van der Waals surface area (Å²) in [7, 11) is 0. The lowest BCUT2D eigenvalue weighted by atomic mass is 10.1. The van der Waals surface area contributed by atoms with E-state index in [9.17, 15) is 4.79 Å². The van der Waals surface area contributed by atoms with Crippen molar-refractivity contribution in [2.45, 2.75) is 18.3 Å². The Hall–Kier alpha value is -1.20. The molecule has 1 N–H and O–H groups in total. The molecule has 0 aliphatic rings. The van der Waals surface area contributed by atoms with Gasteiger partial charge < -0.3 is 5.32 Å². The van der Waals surface area contributed by atoms with Crippen molar-refractivity contribution in [2.75, 3.05) is 0 Å². The third kappa shape index (κ3) is 3.17. The maximum atomic E-state index is 12.0. The predicted octanol–water partition coefficient (Wildman–Crippen LogP) is 3.53. The number of nitrogens with zero attached hydrogens (tertiary/aromatic N) is 1. The van der Waals surface area contributed by atoms with E-state index in [1.54, 1.807) is 17.5 Å². The summed E-state index contributed by atoms with van der Waals surface area (Å²) in [6.07, 6.45) is 1.74. The number of alkyl halides is 1. The van der Waals surface area contributed by atoms with E-state index < -0.39 is 0 Å². The van der Waals surface area contributed by atoms with Crippen LogP contribution in [-0.2, 0) is 5.33 Å². The van der Waals surface area contributed by atoms with E-state index in [-0.39, 0.29) is 11.9 Å². The number of thiazole rings is 1. The normalized spacial score (nSPS) is 12.1. The lowest BCUT2D eigenvalue weighted by molar-refractivity contribution is 0.0940. The zero-order chi connectivity index (χ0) is 13.0. The van der Waals surface area contributed by atoms with E-state index in [0.717, 1.165) is 15.9 Å². The van der Waals surface area contributed by atoms with Crippen molar-refractivity contribution in [3.8, 4) is 0 Å². The summed E-state index contributed by atoms with van der Waals surface area (Å²) < 4.78 is 0. The molecule has 18 heavy (non-hydrogen) atoms. The summed E-state index contributed by atoms with van der Waals surface area (Å²) in [5.74, 6) is -0.0705. The number of nitrogens with one attached hydrogen (secondary N) is 1. The van der Waals surface area contributed by atoms with Gasteiger partial charge in [-0.05, 0) is 24.6 Å². The standard InChI is InChI=1S/C13H13BrN2OS/c1-9(13-15-6-7-18-13)16-12(17)11-4-2-10(8-14)3-5-11/h2-7,9H,8H2,1H3,(H,16,17). The molecular weight excluding hydrogens is 312 g/mol. The number of amides is 1. The smallest absolute Gasteiger partial charge is 0.251 e. The van der Waals surface area contributed by atoms with Gasteiger partial charge in [0.05, 0.1) is 6.04 Å². The first-order valence-electron chi connectivity index (χ1n) is 5.56. The summed E-state index contributed by atoms with van der Waals surface area (Å²) in [6.45, 7) is 1.93. The molecule has 0 aliphatic carbocycles. The van der Waals surface area contributed by atoms with Gasteiger partial charge in [-0.1, -0.05) is 28.1 Å². The Morgan fingerprint density at radius 1 is 1.44 bits per heavy atom. The molecule has 1 atom stereocenters. The Morgan fingerprint density at radius 3 is 2.72 bits per heavy atom. The quantitative estimate of drug-likeness (QED) is 0.874. The largest absolute Gasteiger partial charge is 0.343 e. The number of hydrogen-bond donors (Lipinski definition) is 1. The zero-order valence-electron chi connectivity index (χ0n) is 9.89. The van der Waals surface area contributed by atoms with Gasteiger partial charge in [0.25, 0.3) is 5.91 Å². The van der Waals surface area contributed by atoms with Gasteiger partial charge in [0, 0.05) is 22.5 Å². The first-order chi connectivity index (χ1) is 8.70. The van der Waals surface area contributed by atoms with Crippen molar-refractivity contribution in [1.29, 1.82) is 0 Å². The molecular formula is C13H13BrN2OS. The molecule has 0 bridgehead atoms. The number of rotatable bonds is 4. The Morgan fingerprint density at radius 2 is 2.17 bits per heavy atom. The molecule has 2 aromatic rings. The van der Waals surface area contributed by atoms with Crippen LogP contribution < -0.4 is 5.32 Å². The molecule has 0 spiro atoms. The second-order valence-electron chi connectivity index (χ2n) is 3.90. The molecule has 1 amide bonds. The van der Waals surface area contributed by atoms with Gasteiger partial charge in [-0.3, -0.25) is 4.79 Å². The topological polar surface area (TPSA) is 42.0 Å². The summed E-state index contributed by atoms with van der Waals surface area (Å²) in [6, 6.07) is 7.49. The van der Waals surface area contributed by atoms with E-state index in [4.69, 9.17) is 0 Å². The minimum atomic E-state index is -0.0705. The Kier molecular flexibility index (Phi) is 4.49. The lowest BCUT2D eigenvalue weighted by Gasteiger charge is -2.11. The Balaban J connectivity index is 2.03. The van der Waals surface area contributed by atoms with Crippen LogP contribution in [0.5, 0.6) is 0 Å². The third-order valence-electron chi connectivity index (χ3n) is 2.54. The third-order valence-corrected chi connectivity index (χ3v) is 4.15. The molecule has 0 fully saturated rings. The summed E-state index contributed by atoms with van der Waals surface area (Å²) in [4.78, 5) is 16.2. The van der Waals surface area contributed by atoms with Crippen molar-refractivity contribution >= 4 is 33.2 Å². The molecule has 0 saturated carbocycles. The molecule has 0 aliphatic heterocycles. The monoisotopic (exact) mass is 324 g/mol. The van der Waals surface area contributed by atoms with Crippen molar-refractivity contribution < 1.29 is 4.79 Å². The fourth-order valence-electron chi connectivity index (χ4n) is 1.54. The van der Waals surface area contributed by atoms with E-state index in [1.807, 2.05) is 36.6 Å². The number of benzene rings is 1. The van der Waals surface area contributed by atoms with Crippen LogP contribution in [0, 0.1) is 0 Å². The Labute approximate surface area is 118 Å². The fraction of sp³-hybridized carbons (Fsp3) is 0.231. The van der Waals surface area contributed by atoms with Gasteiger partial charge in [-0.25, -0.2) is 4.98 Å². The number of carbonyl (C=O) groups is 1. The summed E-state index contributed by atoms with van der Waals surface area (Å²) in [5, 5.41) is 6.55. The van der Waals surface area contributed by atoms with Crippen molar-refractivity contribution in [3.63, 3.8) is 0 Å². The van der Waals surface area contributed by atoms with Crippen LogP contribution in [0.3, 0.4) is 0 Å². The zero-order valence-corrected chi connectivity index (χ0v) is 12.3. The van der Waals surface area contributed by atoms with Crippen LogP contribution >= 0.6 is 27.3 Å². The van der Waals surface area contributed by atoms with E-state index in [0.29, 0.717) is 5.56 Å². The van der Waals surface area contributed by atoms with E-state index >= 15 is 0 Å². The second-order valence-corrected chi connectivity index (χ2v) is 5.38. The van der Waals surface area contributed by atoms with Crippen LogP contribution in [-0.4, -0.2) is 10.9 Å². The molecule has 1 aromatic carbocycles. The molecule has 94 valence electrons. The number of hydrogen-bond acceptors (Lipinski definition) is 3. The van der Waals surface area contributed by atoms with Gasteiger partial charge in [0.2, 0.25) is 0 Å². The minimum absolute atomic E-state index is 0.0617. The van der Waals surface area contributed by atoms with Crippen molar-refractivity contribution in [3.05, 3.63) is 52.0 Å². The first kappa shape index (κ1) is 13.2. The van der Waals surface area contributed by atoms with E-state index in [2.05, 4.69) is 26.2 Å². The van der Waals surface area contributed by atoms with Crippen LogP contribution in [0.15, 0.2) is 35.8 Å². The van der Waals surface area contributed by atoms with Crippen LogP contribution in [0.25, 0.3) is 0 Å². The highest BCUT2D eigenvalue weighted by Gasteiger charge is 2.12. The minimum Gasteiger partial charge on any atom is -0.343 e. The fourth-order valence-corrected chi connectivity index (χ4v) is 2.55. The van der Waals surface area contributed by atoms with Crippen LogP contribution in [0.4, 0.5) is 0 Å². The first-order valence-corrected chi connectivity index (χ1v) is 7.56. The highest BCUT2D eigenvalue weighted by molar-refractivity contribution is 9.08. The van der Waals surface area contributed by atoms with Gasteiger partial charge in [0.15, 0.2) is 0 Å². The second kappa shape index (κ2) is 6.11. The highest BCUT2D eigenvalue weighted by Crippen LogP contribution is 2.15. The van der Waals surface area contributed by atoms with E-state index in [1.165, 1.54) is 0 Å². The van der Waals surface area contributed by atoms with Crippen molar-refractivity contribution in [2.24, 2.45) is 0 Å². The van der Waals surface area contributed by atoms with Gasteiger partial charge >= 0.3 is 0 Å². The molecule has 1 aromatic heterocycles. The SMILES string of the molecule is CC(NC(=O)c1ccc(CBr)cc1)c1nccs1. The summed E-state index contributed by atoms with van der Waals surface area (Å²) >= 11 is 4.92. The summed E-state index contributed by atoms with van der Waals surface area (Å²) in [5.41, 5.74) is 1.82. The molecule has 0 saturated heterocycles. The molecule has 2 rings (SSSR count). The lowest BCUT2D eigenvalue weighted by Crippen LogP contribution is -2.26. The predicted molar refractivity (Wildman–Crippen MR) is 77.1 cm³/mol. The molecule has 1 unspecified atom stereocenters. The number of aromatic nitrogens is 1. The maximum Gasteiger partial charge on any atom is 0.251 e.